The van der Waals surface area contributed by atoms with Crippen LogP contribution in [0.3, 0.4) is 0 Å². The number of allylic oxidation sites excluding steroid dienone is 3. The van der Waals surface area contributed by atoms with Crippen LogP contribution in [-0.2, 0) is 9.53 Å². The van der Waals surface area contributed by atoms with E-state index in [1.54, 1.807) is 0 Å². The SMILES string of the molecule is O=C1CCCC2=C1C(c1ccccc1)C=C(c1cc3c(ccc4ccccc43)oc1=O)O2. The van der Waals surface area contributed by atoms with E-state index in [1.165, 1.54) is 0 Å². The van der Waals surface area contributed by atoms with E-state index in [1.807, 2.05) is 78.9 Å². The summed E-state index contributed by atoms with van der Waals surface area (Å²) in [6.45, 7) is 0. The summed E-state index contributed by atoms with van der Waals surface area (Å²) in [6, 6.07) is 23.5. The third-order valence-electron chi connectivity index (χ3n) is 6.34. The second-order valence-corrected chi connectivity index (χ2v) is 8.28. The molecule has 0 saturated heterocycles. The van der Waals surface area contributed by atoms with E-state index in [0.29, 0.717) is 41.1 Å². The predicted molar refractivity (Wildman–Crippen MR) is 124 cm³/mol. The lowest BCUT2D eigenvalue weighted by Crippen LogP contribution is -2.23. The molecule has 1 atom stereocenters. The summed E-state index contributed by atoms with van der Waals surface area (Å²) in [5.74, 6) is 0.998. The molecule has 0 amide bonds. The van der Waals surface area contributed by atoms with E-state index in [-0.39, 0.29) is 11.7 Å². The highest BCUT2D eigenvalue weighted by Gasteiger charge is 2.34. The van der Waals surface area contributed by atoms with Crippen molar-refractivity contribution in [3.05, 3.63) is 112 Å². The molecule has 32 heavy (non-hydrogen) atoms. The van der Waals surface area contributed by atoms with Gasteiger partial charge >= 0.3 is 5.63 Å². The Morgan fingerprint density at radius 1 is 0.812 bits per heavy atom. The average Bonchev–Trinajstić information content (AvgIpc) is 2.83. The number of hydrogen-bond donors (Lipinski definition) is 0. The van der Waals surface area contributed by atoms with Gasteiger partial charge in [-0.05, 0) is 41.0 Å². The maximum atomic E-state index is 13.0. The molecular formula is C28H20O4. The number of carbonyl (C=O) groups is 1. The number of benzene rings is 3. The molecule has 1 aromatic heterocycles. The highest BCUT2D eigenvalue weighted by molar-refractivity contribution is 6.06. The highest BCUT2D eigenvalue weighted by atomic mass is 16.5. The van der Waals surface area contributed by atoms with Gasteiger partial charge in [-0.15, -0.1) is 0 Å². The van der Waals surface area contributed by atoms with Crippen molar-refractivity contribution < 1.29 is 13.9 Å². The second kappa shape index (κ2) is 7.34. The molecule has 4 aromatic rings. The van der Waals surface area contributed by atoms with E-state index in [0.717, 1.165) is 28.1 Å². The summed E-state index contributed by atoms with van der Waals surface area (Å²) >= 11 is 0. The smallest absolute Gasteiger partial charge is 0.347 e. The Labute approximate surface area is 184 Å². The largest absolute Gasteiger partial charge is 0.461 e. The Kier molecular flexibility index (Phi) is 4.32. The van der Waals surface area contributed by atoms with Crippen molar-refractivity contribution in [3.63, 3.8) is 0 Å². The van der Waals surface area contributed by atoms with Gasteiger partial charge < -0.3 is 9.15 Å². The third kappa shape index (κ3) is 2.99. The number of ketones is 1. The summed E-state index contributed by atoms with van der Waals surface area (Å²) in [7, 11) is 0. The van der Waals surface area contributed by atoms with Gasteiger partial charge in [0.2, 0.25) is 0 Å². The zero-order valence-corrected chi connectivity index (χ0v) is 17.3. The van der Waals surface area contributed by atoms with Crippen LogP contribution in [0, 0.1) is 0 Å². The first-order valence-electron chi connectivity index (χ1n) is 10.9. The maximum Gasteiger partial charge on any atom is 0.347 e. The zero-order chi connectivity index (χ0) is 21.7. The molecule has 0 radical (unpaired) electrons. The van der Waals surface area contributed by atoms with Crippen LogP contribution in [-0.4, -0.2) is 5.78 Å². The third-order valence-corrected chi connectivity index (χ3v) is 6.34. The number of rotatable bonds is 2. The number of carbonyl (C=O) groups excluding carboxylic acids is 1. The minimum atomic E-state index is -0.447. The van der Waals surface area contributed by atoms with E-state index < -0.39 is 5.63 Å². The van der Waals surface area contributed by atoms with Gasteiger partial charge in [-0.1, -0.05) is 60.7 Å². The van der Waals surface area contributed by atoms with Crippen molar-refractivity contribution in [2.75, 3.05) is 0 Å². The summed E-state index contributed by atoms with van der Waals surface area (Å²) in [6.07, 6.45) is 3.85. The van der Waals surface area contributed by atoms with Crippen molar-refractivity contribution in [3.8, 4) is 0 Å². The van der Waals surface area contributed by atoms with Crippen molar-refractivity contribution >= 4 is 33.3 Å². The molecule has 4 nitrogen and oxygen atoms in total. The molecule has 2 heterocycles. The van der Waals surface area contributed by atoms with Gasteiger partial charge in [0.05, 0.1) is 0 Å². The molecule has 0 N–H and O–H groups in total. The lowest BCUT2D eigenvalue weighted by Gasteiger charge is -2.30. The first-order chi connectivity index (χ1) is 15.7. The quantitative estimate of drug-likeness (QED) is 0.290. The molecule has 3 aromatic carbocycles. The fourth-order valence-corrected chi connectivity index (χ4v) is 4.80. The number of hydrogen-bond acceptors (Lipinski definition) is 4. The summed E-state index contributed by atoms with van der Waals surface area (Å²) in [5.41, 5.74) is 2.19. The molecular weight excluding hydrogens is 400 g/mol. The van der Waals surface area contributed by atoms with Crippen molar-refractivity contribution in [2.45, 2.75) is 25.2 Å². The van der Waals surface area contributed by atoms with Gasteiger partial charge in [-0.3, -0.25) is 4.79 Å². The van der Waals surface area contributed by atoms with Crippen molar-refractivity contribution in [1.82, 2.24) is 0 Å². The molecule has 2 aliphatic rings. The normalized spacial score (nSPS) is 18.4. The van der Waals surface area contributed by atoms with Crippen LogP contribution < -0.4 is 5.63 Å². The second-order valence-electron chi connectivity index (χ2n) is 8.28. The molecule has 1 unspecified atom stereocenters. The van der Waals surface area contributed by atoms with E-state index in [2.05, 4.69) is 0 Å². The molecule has 6 rings (SSSR count). The van der Waals surface area contributed by atoms with Crippen LogP contribution in [0.2, 0.25) is 0 Å². The van der Waals surface area contributed by atoms with E-state index in [4.69, 9.17) is 9.15 Å². The summed E-state index contributed by atoms with van der Waals surface area (Å²) in [5, 5.41) is 2.94. The fourth-order valence-electron chi connectivity index (χ4n) is 4.80. The Balaban J connectivity index is 1.56. The lowest BCUT2D eigenvalue weighted by molar-refractivity contribution is -0.116. The van der Waals surface area contributed by atoms with Crippen LogP contribution in [0.4, 0.5) is 0 Å². The van der Waals surface area contributed by atoms with Crippen LogP contribution in [0.25, 0.3) is 27.5 Å². The molecule has 0 bridgehead atoms. The molecule has 0 saturated carbocycles. The topological polar surface area (TPSA) is 56.5 Å². The number of Topliss-reactive ketones (excluding diaryl/α,β-unsaturated/α-hetero) is 1. The van der Waals surface area contributed by atoms with E-state index >= 15 is 0 Å². The molecule has 1 aliphatic carbocycles. The minimum absolute atomic E-state index is 0.118. The Hall–Kier alpha value is -3.92. The number of ether oxygens (including phenoxy) is 1. The molecule has 156 valence electrons. The van der Waals surface area contributed by atoms with Crippen LogP contribution >= 0.6 is 0 Å². The number of fused-ring (bicyclic) bond motifs is 3. The Morgan fingerprint density at radius 2 is 1.62 bits per heavy atom. The van der Waals surface area contributed by atoms with Gasteiger partial charge in [0, 0.05) is 29.7 Å². The zero-order valence-electron chi connectivity index (χ0n) is 17.3. The average molecular weight is 420 g/mol. The molecule has 0 fully saturated rings. The molecule has 1 aliphatic heterocycles. The first-order valence-corrected chi connectivity index (χ1v) is 10.9. The Morgan fingerprint density at radius 3 is 2.50 bits per heavy atom. The summed E-state index contributed by atoms with van der Waals surface area (Å²) < 4.78 is 11.9. The van der Waals surface area contributed by atoms with Gasteiger partial charge in [-0.25, -0.2) is 4.79 Å². The van der Waals surface area contributed by atoms with Crippen LogP contribution in [0.15, 0.2) is 99.4 Å². The lowest BCUT2D eigenvalue weighted by atomic mass is 9.81. The summed E-state index contributed by atoms with van der Waals surface area (Å²) in [4.78, 5) is 25.8. The highest BCUT2D eigenvalue weighted by Crippen LogP contribution is 2.42. The molecule has 4 heteroatoms. The van der Waals surface area contributed by atoms with Gasteiger partial charge in [0.1, 0.15) is 22.7 Å². The fraction of sp³-hybridized carbons (Fsp3) is 0.143. The van der Waals surface area contributed by atoms with Crippen molar-refractivity contribution in [1.29, 1.82) is 0 Å². The van der Waals surface area contributed by atoms with Crippen LogP contribution in [0.1, 0.15) is 36.3 Å². The van der Waals surface area contributed by atoms with Gasteiger partial charge in [-0.2, -0.15) is 0 Å². The maximum absolute atomic E-state index is 13.0. The monoisotopic (exact) mass is 420 g/mol. The first kappa shape index (κ1) is 18.8. The van der Waals surface area contributed by atoms with Crippen molar-refractivity contribution in [2.24, 2.45) is 0 Å². The van der Waals surface area contributed by atoms with Crippen LogP contribution in [0.5, 0.6) is 0 Å². The standard InChI is InChI=1S/C28H20O4/c29-23-11-6-12-25-27(23)20(17-7-2-1-3-8-17)16-26(31-25)22-15-21-19-10-5-4-9-18(19)13-14-24(21)32-28(22)30/h1-5,7-10,13-16,20H,6,11-12H2. The predicted octanol–water partition coefficient (Wildman–Crippen LogP) is 6.11. The van der Waals surface area contributed by atoms with Gasteiger partial charge in [0.25, 0.3) is 0 Å². The van der Waals surface area contributed by atoms with Gasteiger partial charge in [0.15, 0.2) is 5.78 Å². The molecule has 0 spiro atoms. The minimum Gasteiger partial charge on any atom is -0.461 e. The van der Waals surface area contributed by atoms with E-state index in [9.17, 15) is 9.59 Å². The Bertz CT molecular complexity index is 1510.